The molecule has 5 heteroatoms. The summed E-state index contributed by atoms with van der Waals surface area (Å²) in [4.78, 5) is 24.7. The molecule has 0 bridgehead atoms. The molecule has 0 aromatic heterocycles. The van der Waals surface area contributed by atoms with Crippen LogP contribution in [-0.4, -0.2) is 49.7 Å². The van der Waals surface area contributed by atoms with Gasteiger partial charge >= 0.3 is 11.9 Å². The first-order chi connectivity index (χ1) is 8.61. The summed E-state index contributed by atoms with van der Waals surface area (Å²) < 4.78 is 10.1. The molecule has 0 aliphatic carbocycles. The Bertz CT molecular complexity index is 280. The van der Waals surface area contributed by atoms with Crippen molar-refractivity contribution in [1.29, 1.82) is 0 Å². The Balaban J connectivity index is 2.01. The third-order valence-electron chi connectivity index (χ3n) is 2.96. The summed E-state index contributed by atoms with van der Waals surface area (Å²) in [6.45, 7) is 4.01. The molecule has 1 rings (SSSR count). The van der Waals surface area contributed by atoms with E-state index in [1.54, 1.807) is 6.92 Å². The molecule has 0 aromatic rings. The number of hydrogen-bond acceptors (Lipinski definition) is 5. The minimum Gasteiger partial charge on any atom is -0.466 e. The maximum Gasteiger partial charge on any atom is 0.306 e. The van der Waals surface area contributed by atoms with E-state index >= 15 is 0 Å². The van der Waals surface area contributed by atoms with Gasteiger partial charge in [-0.05, 0) is 33.2 Å². The van der Waals surface area contributed by atoms with Crippen LogP contribution >= 0.6 is 0 Å². The first-order valence-electron chi connectivity index (χ1n) is 6.65. The normalized spacial score (nSPS) is 19.8. The van der Waals surface area contributed by atoms with Gasteiger partial charge in [-0.3, -0.25) is 9.59 Å². The molecule has 1 atom stereocenters. The van der Waals surface area contributed by atoms with Gasteiger partial charge in [0.15, 0.2) is 0 Å². The lowest BCUT2D eigenvalue weighted by atomic mass is 10.2. The van der Waals surface area contributed by atoms with E-state index in [0.29, 0.717) is 32.3 Å². The highest BCUT2D eigenvalue weighted by molar-refractivity contribution is 5.70. The topological polar surface area (TPSA) is 55.8 Å². The number of likely N-dealkylation sites (N-methyl/N-ethyl adjacent to an activating group) is 1. The van der Waals surface area contributed by atoms with Crippen LogP contribution in [0.4, 0.5) is 0 Å². The quantitative estimate of drug-likeness (QED) is 0.509. The molecule has 0 saturated carbocycles. The second-order valence-electron chi connectivity index (χ2n) is 4.67. The Kier molecular flexibility index (Phi) is 6.72. The number of likely N-dealkylation sites (tertiary alicyclic amines) is 1. The minimum atomic E-state index is -0.191. The maximum absolute atomic E-state index is 11.5. The molecule has 1 heterocycles. The Morgan fingerprint density at radius 2 is 1.89 bits per heavy atom. The first kappa shape index (κ1) is 15.0. The van der Waals surface area contributed by atoms with Gasteiger partial charge in [-0.15, -0.1) is 0 Å². The monoisotopic (exact) mass is 257 g/mol. The van der Waals surface area contributed by atoms with Crippen molar-refractivity contribution in [2.75, 3.05) is 26.7 Å². The number of unbranched alkanes of at least 4 members (excludes halogenated alkanes) is 1. The van der Waals surface area contributed by atoms with Crippen LogP contribution in [0.15, 0.2) is 0 Å². The Labute approximate surface area is 108 Å². The number of hydrogen-bond donors (Lipinski definition) is 0. The van der Waals surface area contributed by atoms with E-state index in [0.717, 1.165) is 19.5 Å². The Morgan fingerprint density at radius 3 is 2.44 bits per heavy atom. The zero-order valence-electron chi connectivity index (χ0n) is 11.3. The van der Waals surface area contributed by atoms with Crippen LogP contribution in [0.5, 0.6) is 0 Å². The van der Waals surface area contributed by atoms with Crippen LogP contribution < -0.4 is 0 Å². The second-order valence-corrected chi connectivity index (χ2v) is 4.67. The molecule has 18 heavy (non-hydrogen) atoms. The highest BCUT2D eigenvalue weighted by Gasteiger charge is 2.22. The standard InChI is InChI=1S/C13H23NO4/c1-3-17-12(15)6-4-5-7-13(16)18-11-8-9-14(2)10-11/h11H,3-10H2,1-2H3. The van der Waals surface area contributed by atoms with E-state index in [1.807, 2.05) is 7.05 Å². The van der Waals surface area contributed by atoms with E-state index in [9.17, 15) is 9.59 Å². The fourth-order valence-electron chi connectivity index (χ4n) is 2.01. The predicted molar refractivity (Wildman–Crippen MR) is 67.1 cm³/mol. The summed E-state index contributed by atoms with van der Waals surface area (Å²) >= 11 is 0. The maximum atomic E-state index is 11.5. The van der Waals surface area contributed by atoms with Crippen molar-refractivity contribution in [3.63, 3.8) is 0 Å². The molecule has 0 N–H and O–H groups in total. The zero-order chi connectivity index (χ0) is 13.4. The number of rotatable bonds is 7. The summed E-state index contributed by atoms with van der Waals surface area (Å²) in [5, 5.41) is 0. The zero-order valence-corrected chi connectivity index (χ0v) is 11.3. The smallest absolute Gasteiger partial charge is 0.306 e. The van der Waals surface area contributed by atoms with Gasteiger partial charge < -0.3 is 14.4 Å². The van der Waals surface area contributed by atoms with Crippen LogP contribution in [0.2, 0.25) is 0 Å². The highest BCUT2D eigenvalue weighted by Crippen LogP contribution is 2.12. The third-order valence-corrected chi connectivity index (χ3v) is 2.96. The van der Waals surface area contributed by atoms with Crippen molar-refractivity contribution in [3.05, 3.63) is 0 Å². The van der Waals surface area contributed by atoms with Crippen LogP contribution in [0.3, 0.4) is 0 Å². The lowest BCUT2D eigenvalue weighted by molar-refractivity contribution is -0.149. The summed E-state index contributed by atoms with van der Waals surface area (Å²) in [6, 6.07) is 0. The molecule has 1 saturated heterocycles. The van der Waals surface area contributed by atoms with Crippen LogP contribution in [0.25, 0.3) is 0 Å². The first-order valence-corrected chi connectivity index (χ1v) is 6.65. The molecule has 1 fully saturated rings. The largest absolute Gasteiger partial charge is 0.466 e. The summed E-state index contributed by atoms with van der Waals surface area (Å²) in [7, 11) is 2.02. The minimum absolute atomic E-state index is 0.0487. The van der Waals surface area contributed by atoms with Gasteiger partial charge in [0.2, 0.25) is 0 Å². The average molecular weight is 257 g/mol. The highest BCUT2D eigenvalue weighted by atomic mass is 16.5. The molecule has 0 radical (unpaired) electrons. The van der Waals surface area contributed by atoms with E-state index in [1.165, 1.54) is 0 Å². The van der Waals surface area contributed by atoms with E-state index in [4.69, 9.17) is 9.47 Å². The van der Waals surface area contributed by atoms with Gasteiger partial charge in [-0.25, -0.2) is 0 Å². The number of ether oxygens (including phenoxy) is 2. The van der Waals surface area contributed by atoms with Gasteiger partial charge in [0, 0.05) is 25.9 Å². The SMILES string of the molecule is CCOC(=O)CCCCC(=O)OC1CCN(C)C1. The number of carbonyl (C=O) groups excluding carboxylic acids is 2. The van der Waals surface area contributed by atoms with Crippen LogP contribution in [-0.2, 0) is 19.1 Å². The van der Waals surface area contributed by atoms with Gasteiger partial charge in [-0.1, -0.05) is 0 Å². The lowest BCUT2D eigenvalue weighted by Gasteiger charge is -2.12. The molecule has 0 spiro atoms. The number of carbonyl (C=O) groups is 2. The third kappa shape index (κ3) is 6.00. The average Bonchev–Trinajstić information content (AvgIpc) is 2.70. The Hall–Kier alpha value is -1.10. The van der Waals surface area contributed by atoms with E-state index in [-0.39, 0.29) is 18.0 Å². The van der Waals surface area contributed by atoms with Crippen molar-refractivity contribution in [1.82, 2.24) is 4.90 Å². The van der Waals surface area contributed by atoms with Crippen molar-refractivity contribution in [3.8, 4) is 0 Å². The second kappa shape index (κ2) is 8.08. The van der Waals surface area contributed by atoms with Crippen molar-refractivity contribution >= 4 is 11.9 Å². The molecule has 1 aliphatic rings. The van der Waals surface area contributed by atoms with E-state index < -0.39 is 0 Å². The van der Waals surface area contributed by atoms with Crippen LogP contribution in [0, 0.1) is 0 Å². The lowest BCUT2D eigenvalue weighted by Crippen LogP contribution is -2.22. The molecule has 0 aromatic carbocycles. The molecule has 5 nitrogen and oxygen atoms in total. The molecular formula is C13H23NO4. The molecule has 0 amide bonds. The molecule has 1 aliphatic heterocycles. The molecular weight excluding hydrogens is 234 g/mol. The Morgan fingerprint density at radius 1 is 1.22 bits per heavy atom. The van der Waals surface area contributed by atoms with Gasteiger partial charge in [0.05, 0.1) is 6.61 Å². The van der Waals surface area contributed by atoms with E-state index in [2.05, 4.69) is 4.90 Å². The van der Waals surface area contributed by atoms with Crippen molar-refractivity contribution in [2.45, 2.75) is 45.1 Å². The number of esters is 2. The van der Waals surface area contributed by atoms with Gasteiger partial charge in [0.25, 0.3) is 0 Å². The van der Waals surface area contributed by atoms with Gasteiger partial charge in [0.1, 0.15) is 6.10 Å². The van der Waals surface area contributed by atoms with Crippen molar-refractivity contribution in [2.24, 2.45) is 0 Å². The van der Waals surface area contributed by atoms with Crippen molar-refractivity contribution < 1.29 is 19.1 Å². The summed E-state index contributed by atoms with van der Waals surface area (Å²) in [6.07, 6.45) is 3.10. The number of nitrogens with zero attached hydrogens (tertiary/aromatic N) is 1. The summed E-state index contributed by atoms with van der Waals surface area (Å²) in [5.74, 6) is -0.345. The van der Waals surface area contributed by atoms with Gasteiger partial charge in [-0.2, -0.15) is 0 Å². The predicted octanol–water partition coefficient (Wildman–Crippen LogP) is 1.36. The summed E-state index contributed by atoms with van der Waals surface area (Å²) in [5.41, 5.74) is 0. The van der Waals surface area contributed by atoms with Crippen LogP contribution in [0.1, 0.15) is 39.0 Å². The molecule has 104 valence electrons. The fourth-order valence-corrected chi connectivity index (χ4v) is 2.01. The molecule has 1 unspecified atom stereocenters. The fraction of sp³-hybridized carbons (Fsp3) is 0.846.